The largest absolute Gasteiger partial charge is 0.346 e. The van der Waals surface area contributed by atoms with E-state index in [1.54, 1.807) is 24.8 Å². The first-order valence-electron chi connectivity index (χ1n) is 6.46. The molecule has 0 saturated carbocycles. The summed E-state index contributed by atoms with van der Waals surface area (Å²) in [5, 5.41) is 1.84. The van der Waals surface area contributed by atoms with Crippen molar-refractivity contribution in [2.45, 2.75) is 37.2 Å². The lowest BCUT2D eigenvalue weighted by molar-refractivity contribution is 0.462. The summed E-state index contributed by atoms with van der Waals surface area (Å²) in [5.74, 6) is 0.281. The number of hydrogen-bond acceptors (Lipinski definition) is 4. The molecule has 21 heavy (non-hydrogen) atoms. The van der Waals surface area contributed by atoms with E-state index in [4.69, 9.17) is 11.6 Å². The number of thiazole rings is 1. The monoisotopic (exact) mass is 347 g/mol. The van der Waals surface area contributed by atoms with Gasteiger partial charge < -0.3 is 4.57 Å². The van der Waals surface area contributed by atoms with E-state index >= 15 is 0 Å². The highest BCUT2D eigenvalue weighted by Gasteiger charge is 2.24. The van der Waals surface area contributed by atoms with E-state index in [0.717, 1.165) is 11.4 Å². The predicted molar refractivity (Wildman–Crippen MR) is 85.1 cm³/mol. The SMILES string of the molecule is CC(C)n1cc(S(=O)(=O)N(C)Cc2cscn2)cc1CCl. The van der Waals surface area contributed by atoms with Crippen LogP contribution in [0.1, 0.15) is 31.3 Å². The number of alkyl halides is 1. The molecule has 0 aliphatic heterocycles. The van der Waals surface area contributed by atoms with E-state index in [1.807, 2.05) is 23.8 Å². The van der Waals surface area contributed by atoms with Gasteiger partial charge in [0.05, 0.1) is 23.6 Å². The van der Waals surface area contributed by atoms with Crippen molar-refractivity contribution in [1.29, 1.82) is 0 Å². The summed E-state index contributed by atoms with van der Waals surface area (Å²) < 4.78 is 28.4. The van der Waals surface area contributed by atoms with Gasteiger partial charge in [-0.15, -0.1) is 22.9 Å². The molecule has 0 saturated heterocycles. The highest BCUT2D eigenvalue weighted by atomic mass is 35.5. The second kappa shape index (κ2) is 6.48. The molecule has 0 spiro atoms. The Balaban J connectivity index is 2.30. The van der Waals surface area contributed by atoms with E-state index in [-0.39, 0.29) is 23.4 Å². The van der Waals surface area contributed by atoms with Crippen LogP contribution in [0.5, 0.6) is 0 Å². The van der Waals surface area contributed by atoms with Crippen molar-refractivity contribution in [2.24, 2.45) is 0 Å². The standard InChI is InChI=1S/C13H18ClN3O2S2/c1-10(2)17-7-13(4-12(17)5-14)21(18,19)16(3)6-11-8-20-9-15-11/h4,7-10H,5-6H2,1-3H3. The maximum absolute atomic E-state index is 12.6. The van der Waals surface area contributed by atoms with Crippen LogP contribution in [0, 0.1) is 0 Å². The average Bonchev–Trinajstić information content (AvgIpc) is 3.06. The van der Waals surface area contributed by atoms with Gasteiger partial charge in [-0.25, -0.2) is 13.4 Å². The smallest absolute Gasteiger partial charge is 0.244 e. The summed E-state index contributed by atoms with van der Waals surface area (Å²) >= 11 is 7.34. The van der Waals surface area contributed by atoms with Gasteiger partial charge in [-0.2, -0.15) is 4.31 Å². The Labute approximate surface area is 134 Å². The van der Waals surface area contributed by atoms with Crippen LogP contribution in [0.4, 0.5) is 0 Å². The molecule has 0 atom stereocenters. The van der Waals surface area contributed by atoms with Gasteiger partial charge in [0.2, 0.25) is 10.0 Å². The minimum Gasteiger partial charge on any atom is -0.346 e. The number of rotatable bonds is 6. The van der Waals surface area contributed by atoms with Crippen molar-refractivity contribution >= 4 is 33.0 Å². The fourth-order valence-electron chi connectivity index (χ4n) is 2.03. The number of aromatic nitrogens is 2. The van der Waals surface area contributed by atoms with Gasteiger partial charge in [0, 0.05) is 30.4 Å². The Bertz CT molecular complexity index is 693. The van der Waals surface area contributed by atoms with Crippen molar-refractivity contribution in [3.8, 4) is 0 Å². The maximum Gasteiger partial charge on any atom is 0.244 e. The molecule has 0 unspecified atom stereocenters. The van der Waals surface area contributed by atoms with E-state index in [2.05, 4.69) is 4.98 Å². The molecule has 2 rings (SSSR count). The topological polar surface area (TPSA) is 55.2 Å². The fraction of sp³-hybridized carbons (Fsp3) is 0.462. The van der Waals surface area contributed by atoms with Crippen molar-refractivity contribution < 1.29 is 8.42 Å². The molecule has 0 fully saturated rings. The lowest BCUT2D eigenvalue weighted by Gasteiger charge is -2.15. The second-order valence-electron chi connectivity index (χ2n) is 5.04. The quantitative estimate of drug-likeness (QED) is 0.754. The molecule has 2 heterocycles. The molecule has 5 nitrogen and oxygen atoms in total. The molecular formula is C13H18ClN3O2S2. The molecule has 0 N–H and O–H groups in total. The molecule has 2 aromatic rings. The van der Waals surface area contributed by atoms with Crippen LogP contribution in [-0.4, -0.2) is 29.3 Å². The summed E-state index contributed by atoms with van der Waals surface area (Å²) in [6.07, 6.45) is 1.65. The van der Waals surface area contributed by atoms with Gasteiger partial charge in [-0.1, -0.05) is 0 Å². The summed E-state index contributed by atoms with van der Waals surface area (Å²) in [6, 6.07) is 1.80. The van der Waals surface area contributed by atoms with Crippen molar-refractivity contribution in [3.05, 3.63) is 34.5 Å². The first-order chi connectivity index (χ1) is 9.86. The van der Waals surface area contributed by atoms with Gasteiger partial charge in [0.1, 0.15) is 4.90 Å². The predicted octanol–water partition coefficient (Wildman–Crippen LogP) is 3.09. The Morgan fingerprint density at radius 1 is 1.48 bits per heavy atom. The van der Waals surface area contributed by atoms with Gasteiger partial charge in [0.15, 0.2) is 0 Å². The zero-order valence-corrected chi connectivity index (χ0v) is 14.5. The highest BCUT2D eigenvalue weighted by Crippen LogP contribution is 2.23. The number of sulfonamides is 1. The van der Waals surface area contributed by atoms with Crippen molar-refractivity contribution in [2.75, 3.05) is 7.05 Å². The molecule has 0 aliphatic carbocycles. The van der Waals surface area contributed by atoms with Crippen LogP contribution in [0.2, 0.25) is 0 Å². The van der Waals surface area contributed by atoms with E-state index in [0.29, 0.717) is 0 Å². The minimum atomic E-state index is -3.54. The molecule has 8 heteroatoms. The van der Waals surface area contributed by atoms with Crippen LogP contribution in [-0.2, 0) is 22.4 Å². The first kappa shape index (κ1) is 16.5. The molecule has 0 radical (unpaired) electrons. The Morgan fingerprint density at radius 3 is 2.67 bits per heavy atom. The van der Waals surface area contributed by atoms with Crippen LogP contribution in [0.3, 0.4) is 0 Å². The van der Waals surface area contributed by atoms with E-state index < -0.39 is 10.0 Å². The zero-order chi connectivity index (χ0) is 15.6. The Morgan fingerprint density at radius 2 is 2.19 bits per heavy atom. The molecule has 0 amide bonds. The molecule has 116 valence electrons. The molecule has 0 aliphatic rings. The van der Waals surface area contributed by atoms with Gasteiger partial charge in [-0.3, -0.25) is 0 Å². The van der Waals surface area contributed by atoms with Gasteiger partial charge >= 0.3 is 0 Å². The van der Waals surface area contributed by atoms with E-state index in [9.17, 15) is 8.42 Å². The van der Waals surface area contributed by atoms with Gasteiger partial charge in [-0.05, 0) is 19.9 Å². The minimum absolute atomic E-state index is 0.159. The van der Waals surface area contributed by atoms with Crippen LogP contribution < -0.4 is 0 Å². The van der Waals surface area contributed by atoms with Gasteiger partial charge in [0.25, 0.3) is 0 Å². The summed E-state index contributed by atoms with van der Waals surface area (Å²) in [6.45, 7) is 4.24. The average molecular weight is 348 g/mol. The molecule has 0 bridgehead atoms. The second-order valence-corrected chi connectivity index (χ2v) is 8.07. The molecule has 2 aromatic heterocycles. The Kier molecular flexibility index (Phi) is 5.08. The first-order valence-corrected chi connectivity index (χ1v) is 9.38. The summed E-state index contributed by atoms with van der Waals surface area (Å²) in [7, 11) is -1.98. The maximum atomic E-state index is 12.6. The molecular weight excluding hydrogens is 330 g/mol. The highest BCUT2D eigenvalue weighted by molar-refractivity contribution is 7.89. The fourth-order valence-corrected chi connectivity index (χ4v) is 3.99. The molecule has 0 aromatic carbocycles. The lowest BCUT2D eigenvalue weighted by atomic mass is 10.4. The summed E-state index contributed by atoms with van der Waals surface area (Å²) in [5.41, 5.74) is 3.23. The van der Waals surface area contributed by atoms with E-state index in [1.165, 1.54) is 15.6 Å². The van der Waals surface area contributed by atoms with Crippen LogP contribution >= 0.6 is 22.9 Å². The zero-order valence-electron chi connectivity index (χ0n) is 12.2. The Hall–Kier alpha value is -0.890. The lowest BCUT2D eigenvalue weighted by Crippen LogP contribution is -2.26. The number of hydrogen-bond donors (Lipinski definition) is 0. The third-order valence-electron chi connectivity index (χ3n) is 3.18. The van der Waals surface area contributed by atoms with Crippen LogP contribution in [0.15, 0.2) is 28.0 Å². The number of halogens is 1. The number of nitrogens with zero attached hydrogens (tertiary/aromatic N) is 3. The van der Waals surface area contributed by atoms with Crippen molar-refractivity contribution in [3.63, 3.8) is 0 Å². The van der Waals surface area contributed by atoms with Crippen LogP contribution in [0.25, 0.3) is 0 Å². The third kappa shape index (κ3) is 3.48. The normalized spacial score (nSPS) is 12.5. The van der Waals surface area contributed by atoms with Crippen molar-refractivity contribution in [1.82, 2.24) is 13.9 Å². The third-order valence-corrected chi connectivity index (χ3v) is 5.85. The summed E-state index contributed by atoms with van der Waals surface area (Å²) in [4.78, 5) is 4.38.